The van der Waals surface area contributed by atoms with Crippen LogP contribution in [0.3, 0.4) is 0 Å². The number of nitrogens with two attached hydrogens (primary N) is 1. The number of halogens is 1. The molecule has 0 unspecified atom stereocenters. The van der Waals surface area contributed by atoms with Crippen molar-refractivity contribution in [3.8, 4) is 11.5 Å². The molecule has 0 aliphatic carbocycles. The van der Waals surface area contributed by atoms with Crippen LogP contribution in [0.15, 0.2) is 30.3 Å². The molecular formula is C21H25ClN2O3. The fourth-order valence-corrected chi connectivity index (χ4v) is 3.43. The van der Waals surface area contributed by atoms with Gasteiger partial charge < -0.3 is 20.1 Å². The summed E-state index contributed by atoms with van der Waals surface area (Å²) < 4.78 is 11.5. The number of amides is 1. The van der Waals surface area contributed by atoms with E-state index in [9.17, 15) is 4.79 Å². The first-order valence-electron chi connectivity index (χ1n) is 9.05. The number of ether oxygens (including phenoxy) is 2. The van der Waals surface area contributed by atoms with E-state index in [4.69, 9.17) is 26.8 Å². The summed E-state index contributed by atoms with van der Waals surface area (Å²) in [5.41, 5.74) is 8.94. The van der Waals surface area contributed by atoms with Crippen LogP contribution in [-0.4, -0.2) is 37.1 Å². The number of carbonyl (C=O) groups is 1. The largest absolute Gasteiger partial charge is 0.496 e. The number of hydrogen-bond acceptors (Lipinski definition) is 4. The third kappa shape index (κ3) is 4.30. The van der Waals surface area contributed by atoms with Crippen LogP contribution in [-0.2, 0) is 0 Å². The van der Waals surface area contributed by atoms with Gasteiger partial charge in [-0.3, -0.25) is 4.79 Å². The lowest BCUT2D eigenvalue weighted by molar-refractivity contribution is 0.0591. The summed E-state index contributed by atoms with van der Waals surface area (Å²) in [6.45, 7) is 5.35. The number of nitrogens with zero attached hydrogens (tertiary/aromatic N) is 1. The van der Waals surface area contributed by atoms with E-state index in [0.29, 0.717) is 35.1 Å². The van der Waals surface area contributed by atoms with Crippen molar-refractivity contribution >= 4 is 23.2 Å². The Hall–Kier alpha value is -2.40. The molecule has 0 spiro atoms. The summed E-state index contributed by atoms with van der Waals surface area (Å²) in [4.78, 5) is 14.7. The molecule has 1 saturated heterocycles. The average molecular weight is 389 g/mol. The lowest BCUT2D eigenvalue weighted by Gasteiger charge is -2.33. The highest BCUT2D eigenvalue weighted by atomic mass is 35.5. The molecule has 144 valence electrons. The minimum atomic E-state index is -0.0982. The van der Waals surface area contributed by atoms with Gasteiger partial charge in [-0.15, -0.1) is 0 Å². The van der Waals surface area contributed by atoms with Gasteiger partial charge in [-0.05, 0) is 37.1 Å². The van der Waals surface area contributed by atoms with E-state index < -0.39 is 0 Å². The number of aryl methyl sites for hydroxylation is 2. The number of nitrogen functional groups attached to an aromatic ring is 1. The minimum absolute atomic E-state index is 0.0982. The van der Waals surface area contributed by atoms with Crippen LogP contribution in [0.1, 0.15) is 34.3 Å². The number of anilines is 1. The average Bonchev–Trinajstić information content (AvgIpc) is 2.66. The van der Waals surface area contributed by atoms with Gasteiger partial charge in [0.15, 0.2) is 0 Å². The lowest BCUT2D eigenvalue weighted by Crippen LogP contribution is -2.42. The molecule has 1 amide bonds. The van der Waals surface area contributed by atoms with Crippen LogP contribution < -0.4 is 15.2 Å². The molecule has 27 heavy (non-hydrogen) atoms. The maximum atomic E-state index is 12.9. The predicted octanol–water partition coefficient (Wildman–Crippen LogP) is 4.23. The molecule has 6 heteroatoms. The van der Waals surface area contributed by atoms with Crippen LogP contribution in [0, 0.1) is 13.8 Å². The van der Waals surface area contributed by atoms with E-state index in [1.165, 1.54) is 12.7 Å². The molecule has 0 bridgehead atoms. The Morgan fingerprint density at radius 3 is 2.52 bits per heavy atom. The Morgan fingerprint density at radius 1 is 1.15 bits per heavy atom. The van der Waals surface area contributed by atoms with Gasteiger partial charge in [0.1, 0.15) is 17.6 Å². The smallest absolute Gasteiger partial charge is 0.257 e. The number of hydrogen-bond donors (Lipinski definition) is 1. The zero-order valence-electron chi connectivity index (χ0n) is 15.9. The number of methoxy groups -OCH3 is 1. The minimum Gasteiger partial charge on any atom is -0.496 e. The van der Waals surface area contributed by atoms with Crippen molar-refractivity contribution in [1.29, 1.82) is 0 Å². The third-order valence-electron chi connectivity index (χ3n) is 4.92. The monoisotopic (exact) mass is 388 g/mol. The van der Waals surface area contributed by atoms with E-state index in [0.717, 1.165) is 24.2 Å². The Morgan fingerprint density at radius 2 is 1.85 bits per heavy atom. The zero-order valence-corrected chi connectivity index (χ0v) is 16.7. The van der Waals surface area contributed by atoms with E-state index in [1.807, 2.05) is 11.8 Å². The lowest BCUT2D eigenvalue weighted by atomic mass is 10.0. The van der Waals surface area contributed by atoms with Crippen LogP contribution in [0.5, 0.6) is 11.5 Å². The van der Waals surface area contributed by atoms with Gasteiger partial charge >= 0.3 is 0 Å². The fraction of sp³-hybridized carbons (Fsp3) is 0.381. The summed E-state index contributed by atoms with van der Waals surface area (Å²) in [6.07, 6.45) is 1.67. The molecule has 0 aromatic heterocycles. The number of rotatable bonds is 4. The van der Waals surface area contributed by atoms with Crippen molar-refractivity contribution in [2.24, 2.45) is 0 Å². The molecule has 1 heterocycles. The van der Waals surface area contributed by atoms with Gasteiger partial charge in [-0.25, -0.2) is 0 Å². The van der Waals surface area contributed by atoms with Crippen molar-refractivity contribution in [3.05, 3.63) is 52.0 Å². The Bertz CT molecular complexity index is 846. The van der Waals surface area contributed by atoms with Crippen LogP contribution in [0.25, 0.3) is 0 Å². The van der Waals surface area contributed by atoms with Crippen LogP contribution in [0.2, 0.25) is 5.02 Å². The highest BCUT2D eigenvalue weighted by molar-refractivity contribution is 6.33. The third-order valence-corrected chi connectivity index (χ3v) is 5.24. The second kappa shape index (κ2) is 8.09. The van der Waals surface area contributed by atoms with Crippen molar-refractivity contribution in [2.75, 3.05) is 25.9 Å². The Balaban J connectivity index is 1.66. The van der Waals surface area contributed by atoms with Gasteiger partial charge in [0.2, 0.25) is 0 Å². The van der Waals surface area contributed by atoms with E-state index in [1.54, 1.807) is 12.1 Å². The van der Waals surface area contributed by atoms with Crippen molar-refractivity contribution in [3.63, 3.8) is 0 Å². The molecule has 5 nitrogen and oxygen atoms in total. The Labute approximate surface area is 165 Å². The summed E-state index contributed by atoms with van der Waals surface area (Å²) in [5.74, 6) is 1.27. The zero-order chi connectivity index (χ0) is 19.6. The van der Waals surface area contributed by atoms with Gasteiger partial charge in [0, 0.05) is 32.0 Å². The van der Waals surface area contributed by atoms with Crippen LogP contribution >= 0.6 is 11.6 Å². The first kappa shape index (κ1) is 19.4. The second-order valence-corrected chi connectivity index (χ2v) is 7.36. The summed E-state index contributed by atoms with van der Waals surface area (Å²) >= 11 is 6.10. The molecule has 2 N–H and O–H groups in total. The van der Waals surface area contributed by atoms with Gasteiger partial charge in [0.25, 0.3) is 5.91 Å². The molecule has 1 aliphatic heterocycles. The number of likely N-dealkylation sites (tertiary alicyclic amines) is 1. The van der Waals surface area contributed by atoms with Crippen LogP contribution in [0.4, 0.5) is 5.69 Å². The number of carbonyl (C=O) groups excluding carboxylic acids is 1. The molecule has 0 atom stereocenters. The molecule has 0 radical (unpaired) electrons. The SMILES string of the molecule is COc1cc(N)c(Cl)cc1C(=O)N1CCC(Oc2cc(C)ccc2C)CC1. The van der Waals surface area contributed by atoms with Crippen molar-refractivity contribution < 1.29 is 14.3 Å². The summed E-state index contributed by atoms with van der Waals surface area (Å²) in [5, 5.41) is 0.354. The summed E-state index contributed by atoms with van der Waals surface area (Å²) in [7, 11) is 1.52. The van der Waals surface area contributed by atoms with E-state index >= 15 is 0 Å². The number of piperidine rings is 1. The maximum absolute atomic E-state index is 12.9. The Kier molecular flexibility index (Phi) is 5.80. The summed E-state index contributed by atoms with van der Waals surface area (Å²) in [6, 6.07) is 9.38. The van der Waals surface area contributed by atoms with Gasteiger partial charge in [-0.1, -0.05) is 23.7 Å². The first-order valence-corrected chi connectivity index (χ1v) is 9.43. The van der Waals surface area contributed by atoms with Gasteiger partial charge in [0.05, 0.1) is 23.4 Å². The highest BCUT2D eigenvalue weighted by Gasteiger charge is 2.27. The predicted molar refractivity (Wildman–Crippen MR) is 108 cm³/mol. The quantitative estimate of drug-likeness (QED) is 0.796. The molecule has 2 aromatic carbocycles. The maximum Gasteiger partial charge on any atom is 0.257 e. The molecular weight excluding hydrogens is 364 g/mol. The first-order chi connectivity index (χ1) is 12.9. The topological polar surface area (TPSA) is 64.8 Å². The van der Waals surface area contributed by atoms with Gasteiger partial charge in [-0.2, -0.15) is 0 Å². The molecule has 2 aromatic rings. The van der Waals surface area contributed by atoms with E-state index in [-0.39, 0.29) is 12.0 Å². The normalized spacial score (nSPS) is 14.9. The van der Waals surface area contributed by atoms with Crippen molar-refractivity contribution in [1.82, 2.24) is 4.90 Å². The molecule has 1 fully saturated rings. The molecule has 0 saturated carbocycles. The van der Waals surface area contributed by atoms with Crippen molar-refractivity contribution in [2.45, 2.75) is 32.8 Å². The van der Waals surface area contributed by atoms with E-state index in [2.05, 4.69) is 25.1 Å². The standard InChI is InChI=1S/C21H25ClN2O3/c1-13-4-5-14(2)19(10-13)27-15-6-8-24(9-7-15)21(25)16-11-17(22)18(23)12-20(16)26-3/h4-5,10-12,15H,6-9,23H2,1-3H3. The number of benzene rings is 2. The fourth-order valence-electron chi connectivity index (χ4n) is 3.27. The molecule has 3 rings (SSSR count). The highest BCUT2D eigenvalue weighted by Crippen LogP contribution is 2.31. The molecule has 1 aliphatic rings. The second-order valence-electron chi connectivity index (χ2n) is 6.95.